The molecule has 0 saturated carbocycles. The molecule has 12 rings (SSSR count). The normalized spacial score (nSPS) is 10.8. The fourth-order valence-corrected chi connectivity index (χ4v) is 23.3. The average molecular weight is 2180 g/mol. The number of ether oxygens (including phenoxy) is 1. The number of nitro groups is 1. The van der Waals surface area contributed by atoms with E-state index < -0.39 is 38.9 Å². The van der Waals surface area contributed by atoms with E-state index in [4.69, 9.17) is 4.74 Å². The van der Waals surface area contributed by atoms with E-state index in [0.717, 1.165) is 28.6 Å². The van der Waals surface area contributed by atoms with Crippen molar-refractivity contribution in [3.63, 3.8) is 0 Å². The molecule has 0 radical (unpaired) electrons. The van der Waals surface area contributed by atoms with Gasteiger partial charge in [-0.1, -0.05) is 178 Å². The molecule has 1 atom stereocenters. The molecule has 12 aromatic carbocycles. The third-order valence-corrected chi connectivity index (χ3v) is 26.7. The molecule has 0 spiro atoms. The fourth-order valence-electron chi connectivity index (χ4n) is 9.70. The minimum absolute atomic E-state index is 0.0146. The molecule has 0 fully saturated rings. The number of hydrogen-bond donors (Lipinski definition) is 0. The standard InChI is InChI=1S/3C18H15S.C14H15I3O4.C8H6I2O5S.C7H4INO4/c3*1-4-10-16(11-5-1)19(17-12-6-2-7-13-17)18-14-8-3-9-15-18;1-3-7(14(19)20)5-8-9(15)6-10(16)13(12(8)17)21-11(18)4-2;1-16(13,14)15-7-5(8(11)12)2-4(9)3-6(7)10;8-5-1-4(7(10)11)2-6(3-5)9(12)13/h3*1-15H;6-7H,3-5H2,1-2H3,(H,19,20);2-3H,1H3,(H,11,12);1-3H,(H,10,11)/q3*+1;;;/p-3. The molecule has 0 aliphatic heterocycles. The van der Waals surface area contributed by atoms with Crippen LogP contribution in [0.1, 0.15) is 53.0 Å². The van der Waals surface area contributed by atoms with E-state index in [1.807, 2.05) is 35.6 Å². The van der Waals surface area contributed by atoms with Gasteiger partial charge in [0.1, 0.15) is 0 Å². The molecular weight excluding hydrogens is 2110 g/mol. The third kappa shape index (κ3) is 28.2. The minimum Gasteiger partial charge on any atom is -0.550 e. The van der Waals surface area contributed by atoms with Crippen molar-refractivity contribution in [2.24, 2.45) is 5.92 Å². The smallest absolute Gasteiger partial charge is 0.310 e. The zero-order chi connectivity index (χ0) is 77.4. The maximum Gasteiger partial charge on any atom is 0.310 e. The zero-order valence-corrected chi connectivity index (χ0v) is 73.5. The van der Waals surface area contributed by atoms with Gasteiger partial charge >= 0.3 is 16.1 Å². The maximum atomic E-state index is 11.5. The van der Waals surface area contributed by atoms with E-state index in [9.17, 15) is 53.0 Å². The molecule has 1 unspecified atom stereocenters. The van der Waals surface area contributed by atoms with Gasteiger partial charge in [0.05, 0.1) is 66.5 Å². The summed E-state index contributed by atoms with van der Waals surface area (Å²) in [5, 5.41) is 42.7. The molecule has 14 nitrogen and oxygen atoms in total. The van der Waals surface area contributed by atoms with E-state index in [1.54, 1.807) is 58.2 Å². The summed E-state index contributed by atoms with van der Waals surface area (Å²) in [7, 11) is -3.81. The summed E-state index contributed by atoms with van der Waals surface area (Å²) in [6, 6.07) is 105. The first-order valence-corrected chi connectivity index (χ1v) is 44.4. The van der Waals surface area contributed by atoms with Crippen LogP contribution >= 0.6 is 136 Å². The molecule has 0 aliphatic carbocycles. The zero-order valence-electron chi connectivity index (χ0n) is 57.3. The van der Waals surface area contributed by atoms with Crippen LogP contribution in [-0.4, -0.2) is 43.5 Å². The van der Waals surface area contributed by atoms with Gasteiger partial charge in [-0.15, -0.1) is 0 Å². The number of carboxylic acid groups (broad SMARTS) is 3. The Morgan fingerprint density at radius 2 is 0.729 bits per heavy atom. The van der Waals surface area contributed by atoms with Crippen molar-refractivity contribution in [3.8, 4) is 11.5 Å². The highest BCUT2D eigenvalue weighted by Gasteiger charge is 2.31. The number of aliphatic carboxylic acids is 1. The Kier molecular flexibility index (Phi) is 37.0. The molecule has 0 saturated heterocycles. The van der Waals surface area contributed by atoms with Crippen molar-refractivity contribution < 1.29 is 56.8 Å². The van der Waals surface area contributed by atoms with Crippen LogP contribution in [-0.2, 0) is 58.8 Å². The Balaban J connectivity index is 0.000000180. The Labute approximate surface area is 714 Å². The van der Waals surface area contributed by atoms with E-state index in [0.29, 0.717) is 35.7 Å². The second-order valence-corrected chi connectivity index (χ2v) is 36.9. The third-order valence-electron chi connectivity index (χ3n) is 14.6. The number of benzene rings is 12. The summed E-state index contributed by atoms with van der Waals surface area (Å²) in [5.74, 6) is -4.46. The van der Waals surface area contributed by atoms with Gasteiger partial charge < -0.3 is 38.6 Å². The monoisotopic (exact) mass is 2170 g/mol. The van der Waals surface area contributed by atoms with Crippen LogP contribution in [0.15, 0.2) is 353 Å². The number of non-ortho nitro benzene ring substituents is 1. The molecule has 107 heavy (non-hydrogen) atoms. The first-order chi connectivity index (χ1) is 51.4. The van der Waals surface area contributed by atoms with Crippen molar-refractivity contribution >= 4 is 208 Å². The van der Waals surface area contributed by atoms with Crippen LogP contribution in [0.25, 0.3) is 0 Å². The molecule has 0 aromatic heterocycles. The van der Waals surface area contributed by atoms with Gasteiger partial charge in [-0.3, -0.25) is 14.9 Å². The van der Waals surface area contributed by atoms with Crippen molar-refractivity contribution in [1.29, 1.82) is 0 Å². The van der Waals surface area contributed by atoms with E-state index in [2.05, 4.69) is 345 Å². The molecule has 24 heteroatoms. The largest absolute Gasteiger partial charge is 0.550 e. The molecule has 548 valence electrons. The van der Waals surface area contributed by atoms with Crippen molar-refractivity contribution in [2.45, 2.75) is 77.2 Å². The van der Waals surface area contributed by atoms with Gasteiger partial charge in [0.15, 0.2) is 55.6 Å². The summed E-state index contributed by atoms with van der Waals surface area (Å²) in [4.78, 5) is 65.8. The lowest BCUT2D eigenvalue weighted by atomic mass is 9.97. The second-order valence-electron chi connectivity index (χ2n) is 22.2. The Hall–Kier alpha value is -6.90. The van der Waals surface area contributed by atoms with E-state index in [1.165, 1.54) is 62.3 Å². The average Bonchev–Trinajstić information content (AvgIpc) is 0.824. The summed E-state index contributed by atoms with van der Waals surface area (Å²) in [5.41, 5.74) is 0.193. The van der Waals surface area contributed by atoms with Crippen LogP contribution in [0, 0.1) is 37.5 Å². The molecule has 0 aliphatic rings. The van der Waals surface area contributed by atoms with Gasteiger partial charge in [-0.25, -0.2) is 0 Å². The van der Waals surface area contributed by atoms with Crippen molar-refractivity contribution in [2.75, 3.05) is 6.26 Å². The Bertz CT molecular complexity index is 4370. The van der Waals surface area contributed by atoms with Crippen LogP contribution in [0.4, 0.5) is 5.69 Å². The summed E-state index contributed by atoms with van der Waals surface area (Å²) in [6.45, 7) is 3.56. The van der Waals surface area contributed by atoms with Gasteiger partial charge in [0.25, 0.3) is 5.69 Å². The number of hydrogen-bond acceptors (Lipinski definition) is 13. The highest BCUT2D eigenvalue weighted by Crippen LogP contribution is 2.37. The topological polar surface area (TPSA) is 233 Å². The van der Waals surface area contributed by atoms with Crippen LogP contribution in [0.2, 0.25) is 0 Å². The Morgan fingerprint density at radius 3 is 0.991 bits per heavy atom. The predicted molar refractivity (Wildman–Crippen MR) is 469 cm³/mol. The number of carboxylic acids is 3. The Morgan fingerprint density at radius 1 is 0.421 bits per heavy atom. The number of aromatic carboxylic acids is 2. The number of nitrogens with zero attached hydrogens (tertiary/aromatic N) is 1. The number of nitro benzene ring substituents is 1. The predicted octanol–water partition coefficient (Wildman–Crippen LogP) is 18.6. The molecule has 0 amide bonds. The molecule has 0 N–H and O–H groups in total. The molecule has 0 heterocycles. The van der Waals surface area contributed by atoms with Gasteiger partial charge in [0, 0.05) is 52.3 Å². The lowest BCUT2D eigenvalue weighted by Gasteiger charge is -2.20. The lowest BCUT2D eigenvalue weighted by molar-refractivity contribution is -0.385. The van der Waals surface area contributed by atoms with E-state index >= 15 is 0 Å². The highest BCUT2D eigenvalue weighted by atomic mass is 127. The lowest BCUT2D eigenvalue weighted by Crippen LogP contribution is -2.32. The highest BCUT2D eigenvalue weighted by molar-refractivity contribution is 14.1. The van der Waals surface area contributed by atoms with Gasteiger partial charge in [-0.2, -0.15) is 8.42 Å². The quantitative estimate of drug-likeness (QED) is 0.0132. The fraction of sp³-hybridized carbons (Fsp3) is 0.0843. The number of carbonyl (C=O) groups is 4. The van der Waals surface area contributed by atoms with Crippen molar-refractivity contribution in [3.05, 3.63) is 358 Å². The maximum absolute atomic E-state index is 11.5. The first kappa shape index (κ1) is 87.3. The van der Waals surface area contributed by atoms with Crippen LogP contribution < -0.4 is 24.2 Å². The van der Waals surface area contributed by atoms with Crippen LogP contribution in [0.5, 0.6) is 11.5 Å². The molecule has 0 bridgehead atoms. The summed E-state index contributed by atoms with van der Waals surface area (Å²) < 4.78 is 36.1. The number of rotatable bonds is 20. The van der Waals surface area contributed by atoms with E-state index in [-0.39, 0.29) is 61.2 Å². The number of esters is 1. The number of carbonyl (C=O) groups excluding carboxylic acids is 4. The van der Waals surface area contributed by atoms with Gasteiger partial charge in [0.2, 0.25) is 0 Å². The van der Waals surface area contributed by atoms with Gasteiger partial charge in [-0.05, 0) is 287 Å². The van der Waals surface area contributed by atoms with Crippen LogP contribution in [0.3, 0.4) is 0 Å². The summed E-state index contributed by atoms with van der Waals surface area (Å²) >= 11 is 11.9. The molecule has 12 aromatic rings. The second kappa shape index (κ2) is 45.3. The molecular formula is C83H67I6NO13S4. The summed E-state index contributed by atoms with van der Waals surface area (Å²) in [6.07, 6.45) is 2.03. The first-order valence-electron chi connectivity index (χ1n) is 32.4. The minimum atomic E-state index is -3.77. The number of halogens is 6. The SMILES string of the molecule is CCC(=O)Oc1c(I)cc(I)c(CC(CC)C(=O)[O-])c1I.CS(=O)(=O)Oc1c(I)cc(I)cc1C(=O)[O-].O=C([O-])c1cc(I)cc([N+](=O)[O-])c1.c1ccc([S+](c2ccccc2)c2ccccc2)cc1.c1ccc([S+](c2ccccc2)c2ccccc2)cc1.c1ccc([S+](c2ccccc2)c2ccccc2)cc1. The van der Waals surface area contributed by atoms with Crippen molar-refractivity contribution in [1.82, 2.24) is 0 Å².